The van der Waals surface area contributed by atoms with Crippen molar-refractivity contribution in [3.05, 3.63) is 0 Å². The molecule has 0 aliphatic heterocycles. The van der Waals surface area contributed by atoms with Crippen LogP contribution in [-0.4, -0.2) is 66.3 Å². The summed E-state index contributed by atoms with van der Waals surface area (Å²) in [7, 11) is 0. The second-order valence-electron chi connectivity index (χ2n) is 6.10. The molecule has 0 saturated heterocycles. The maximum atomic E-state index is 13.7. The number of alkyl halides is 21. The fourth-order valence-electron chi connectivity index (χ4n) is 1.78. The van der Waals surface area contributed by atoms with E-state index in [1.54, 1.807) is 0 Å². The van der Waals surface area contributed by atoms with Gasteiger partial charge in [-0.3, -0.25) is 0 Å². The van der Waals surface area contributed by atoms with E-state index < -0.39 is 66.3 Å². The molecule has 1 atom stereocenters. The number of rotatable bonds is 10. The predicted molar refractivity (Wildman–Crippen MR) is 63.3 cm³/mol. The third-order valence-corrected chi connectivity index (χ3v) is 3.78. The van der Waals surface area contributed by atoms with Crippen molar-refractivity contribution in [2.75, 3.05) is 6.61 Å². The summed E-state index contributed by atoms with van der Waals surface area (Å²) in [6.07, 6.45) is -15.7. The quantitative estimate of drug-likeness (QED) is 0.155. The summed E-state index contributed by atoms with van der Waals surface area (Å²) in [5.41, 5.74) is 0. The Hall–Kier alpha value is -1.55. The summed E-state index contributed by atoms with van der Waals surface area (Å²) in [5, 5.41) is 0. The minimum absolute atomic E-state index is 0.416. The van der Waals surface area contributed by atoms with Crippen LogP contribution in [0.25, 0.3) is 0 Å². The lowest BCUT2D eigenvalue weighted by molar-refractivity contribution is -0.537. The lowest BCUT2D eigenvalue weighted by atomic mass is 9.87. The molecule has 0 fully saturated rings. The van der Waals surface area contributed by atoms with Crippen LogP contribution in [0.4, 0.5) is 92.2 Å². The second-order valence-corrected chi connectivity index (χ2v) is 6.10. The Morgan fingerprint density at radius 2 is 0.629 bits per heavy atom. The monoisotopic (exact) mass is 580 g/mol. The minimum Gasteiger partial charge on any atom is -0.233 e. The van der Waals surface area contributed by atoms with Crippen LogP contribution < -0.4 is 0 Å². The van der Waals surface area contributed by atoms with Crippen molar-refractivity contribution in [3.63, 3.8) is 0 Å². The first-order chi connectivity index (χ1) is 14.8. The molecule has 0 bridgehead atoms. The molecule has 0 spiro atoms. The van der Waals surface area contributed by atoms with Crippen LogP contribution in [-0.2, 0) is 9.78 Å². The zero-order valence-corrected chi connectivity index (χ0v) is 15.5. The Labute approximate surface area is 176 Å². The SMILES string of the molecule is CCOOC(F)(C(F)(F)F)C(F)(F)C(F)(F)C(F)(F)C(F)(F)C(F)(F)C(F)(F)C(F)(F)C(F)(F)F. The van der Waals surface area contributed by atoms with Crippen molar-refractivity contribution in [1.29, 1.82) is 0 Å². The molecule has 212 valence electrons. The summed E-state index contributed by atoms with van der Waals surface area (Å²) < 4.78 is 273. The molecule has 35 heavy (non-hydrogen) atoms. The van der Waals surface area contributed by atoms with Gasteiger partial charge in [0.25, 0.3) is 0 Å². The van der Waals surface area contributed by atoms with E-state index in [0.29, 0.717) is 6.92 Å². The summed E-state index contributed by atoms with van der Waals surface area (Å²) in [4.78, 5) is 5.03. The molecule has 0 aromatic carbocycles. The van der Waals surface area contributed by atoms with E-state index in [1.807, 2.05) is 0 Å². The van der Waals surface area contributed by atoms with E-state index in [1.165, 1.54) is 0 Å². The van der Waals surface area contributed by atoms with E-state index >= 15 is 0 Å². The van der Waals surface area contributed by atoms with Gasteiger partial charge in [-0.15, -0.1) is 0 Å². The average molecular weight is 580 g/mol. The molecule has 0 heterocycles. The first-order valence-corrected chi connectivity index (χ1v) is 7.59. The smallest absolute Gasteiger partial charge is 0.233 e. The zero-order chi connectivity index (χ0) is 29.1. The first-order valence-electron chi connectivity index (χ1n) is 7.59. The van der Waals surface area contributed by atoms with Crippen LogP contribution in [0.1, 0.15) is 6.92 Å². The van der Waals surface area contributed by atoms with Crippen LogP contribution in [0.2, 0.25) is 0 Å². The minimum atomic E-state index is -9.18. The van der Waals surface area contributed by atoms with Gasteiger partial charge in [-0.1, -0.05) is 0 Å². The number of hydrogen-bond acceptors (Lipinski definition) is 2. The van der Waals surface area contributed by atoms with E-state index in [-0.39, 0.29) is 0 Å². The van der Waals surface area contributed by atoms with Crippen LogP contribution in [0.15, 0.2) is 0 Å². The van der Waals surface area contributed by atoms with Crippen molar-refractivity contribution in [2.45, 2.75) is 66.6 Å². The summed E-state index contributed by atoms with van der Waals surface area (Å²) in [6.45, 7) is -1.11. The van der Waals surface area contributed by atoms with Gasteiger partial charge in [-0.05, 0) is 6.92 Å². The molecule has 0 aliphatic rings. The van der Waals surface area contributed by atoms with Crippen LogP contribution in [0.5, 0.6) is 0 Å². The number of hydrogen-bond donors (Lipinski definition) is 0. The first kappa shape index (κ1) is 33.4. The largest absolute Gasteiger partial charge is 0.460 e. The normalized spacial score (nSPS) is 18.0. The molecule has 1 unspecified atom stereocenters. The van der Waals surface area contributed by atoms with Crippen molar-refractivity contribution >= 4 is 0 Å². The molecule has 2 nitrogen and oxygen atoms in total. The van der Waals surface area contributed by atoms with E-state index in [9.17, 15) is 92.2 Å². The summed E-state index contributed by atoms with van der Waals surface area (Å²) in [6, 6.07) is 0. The van der Waals surface area contributed by atoms with Gasteiger partial charge < -0.3 is 0 Å². The maximum Gasteiger partial charge on any atom is 0.460 e. The Balaban J connectivity index is 7.12. The molecular formula is C12H5F21O2. The lowest BCUT2D eigenvalue weighted by Gasteiger charge is -2.44. The molecule has 0 rings (SSSR count). The standard InChI is InChI=1S/C12H5F21O2/c1-2-34-35-10(27,12(31,32)33)8(23,24)6(19,20)4(15,16)3(13,14)5(17,18)7(21,22)9(25,26)11(28,29)30/h2H2,1H3. The summed E-state index contributed by atoms with van der Waals surface area (Å²) in [5.74, 6) is -69.9. The van der Waals surface area contributed by atoms with E-state index in [2.05, 4.69) is 9.78 Å². The molecule has 0 aromatic rings. The van der Waals surface area contributed by atoms with Crippen molar-refractivity contribution < 1.29 is 102 Å². The zero-order valence-electron chi connectivity index (χ0n) is 15.5. The Kier molecular flexibility index (Phi) is 8.12. The highest BCUT2D eigenvalue weighted by atomic mass is 19.4. The van der Waals surface area contributed by atoms with Crippen LogP contribution >= 0.6 is 0 Å². The van der Waals surface area contributed by atoms with Crippen molar-refractivity contribution in [3.8, 4) is 0 Å². The molecule has 0 aliphatic carbocycles. The van der Waals surface area contributed by atoms with Crippen LogP contribution in [0, 0.1) is 0 Å². The van der Waals surface area contributed by atoms with Crippen LogP contribution in [0.3, 0.4) is 0 Å². The second kappa shape index (κ2) is 8.50. The molecule has 0 N–H and O–H groups in total. The lowest BCUT2D eigenvalue weighted by Crippen LogP contribution is -2.77. The fraction of sp³-hybridized carbons (Fsp3) is 1.00. The predicted octanol–water partition coefficient (Wildman–Crippen LogP) is 7.19. The Morgan fingerprint density at radius 1 is 0.371 bits per heavy atom. The van der Waals surface area contributed by atoms with Gasteiger partial charge in [-0.2, -0.15) is 97.1 Å². The molecule has 23 heteroatoms. The number of halogens is 21. The average Bonchev–Trinajstić information content (AvgIpc) is 2.62. The maximum absolute atomic E-state index is 13.7. The van der Waals surface area contributed by atoms with Gasteiger partial charge in [0.15, 0.2) is 0 Å². The molecular weight excluding hydrogens is 575 g/mol. The fourth-order valence-corrected chi connectivity index (χ4v) is 1.78. The van der Waals surface area contributed by atoms with Gasteiger partial charge >= 0.3 is 59.7 Å². The third-order valence-electron chi connectivity index (χ3n) is 3.78. The van der Waals surface area contributed by atoms with Gasteiger partial charge in [0.2, 0.25) is 0 Å². The molecule has 0 saturated carbocycles. The molecule has 0 amide bonds. The highest BCUT2D eigenvalue weighted by Gasteiger charge is 2.98. The Bertz CT molecular complexity index is 748. The highest BCUT2D eigenvalue weighted by molar-refractivity contribution is 5.17. The molecule has 0 radical (unpaired) electrons. The van der Waals surface area contributed by atoms with Gasteiger partial charge in [0, 0.05) is 0 Å². The van der Waals surface area contributed by atoms with Gasteiger partial charge in [0.05, 0.1) is 6.61 Å². The van der Waals surface area contributed by atoms with E-state index in [0.717, 1.165) is 0 Å². The van der Waals surface area contributed by atoms with Gasteiger partial charge in [-0.25, -0.2) is 4.89 Å². The summed E-state index contributed by atoms with van der Waals surface area (Å²) >= 11 is 0. The topological polar surface area (TPSA) is 18.5 Å². The van der Waals surface area contributed by atoms with Crippen molar-refractivity contribution in [1.82, 2.24) is 0 Å². The Morgan fingerprint density at radius 3 is 0.857 bits per heavy atom. The highest BCUT2D eigenvalue weighted by Crippen LogP contribution is 2.66. The third kappa shape index (κ3) is 4.22. The molecule has 0 aromatic heterocycles. The van der Waals surface area contributed by atoms with E-state index in [4.69, 9.17) is 0 Å². The van der Waals surface area contributed by atoms with Crippen molar-refractivity contribution in [2.24, 2.45) is 0 Å². The van der Waals surface area contributed by atoms with Gasteiger partial charge in [0.1, 0.15) is 0 Å².